The monoisotopic (exact) mass is 198 g/mol. The number of rotatable bonds is 2. The number of alkyl halides is 2. The van der Waals surface area contributed by atoms with Gasteiger partial charge in [0, 0.05) is 12.3 Å². The molecule has 1 N–H and O–H groups in total. The fourth-order valence-electron chi connectivity index (χ4n) is 1.91. The molecule has 14 heavy (non-hydrogen) atoms. The fourth-order valence-corrected chi connectivity index (χ4v) is 1.91. The first-order valence-corrected chi connectivity index (χ1v) is 4.71. The van der Waals surface area contributed by atoms with Crippen LogP contribution in [0, 0.1) is 0 Å². The SMILES string of the molecule is OCc1ccccc1C1CCC1(F)F. The van der Waals surface area contributed by atoms with Crippen LogP contribution in [0.4, 0.5) is 8.78 Å². The zero-order valence-electron chi connectivity index (χ0n) is 7.71. The van der Waals surface area contributed by atoms with E-state index in [1.165, 1.54) is 0 Å². The van der Waals surface area contributed by atoms with Gasteiger partial charge in [-0.3, -0.25) is 0 Å². The fraction of sp³-hybridized carbons (Fsp3) is 0.455. The van der Waals surface area contributed by atoms with E-state index in [4.69, 9.17) is 5.11 Å². The van der Waals surface area contributed by atoms with Gasteiger partial charge in [-0.25, -0.2) is 8.78 Å². The van der Waals surface area contributed by atoms with Crippen molar-refractivity contribution in [3.8, 4) is 0 Å². The van der Waals surface area contributed by atoms with Gasteiger partial charge >= 0.3 is 0 Å². The highest BCUT2D eigenvalue weighted by Crippen LogP contribution is 2.50. The molecule has 3 heteroatoms. The quantitative estimate of drug-likeness (QED) is 0.774. The third-order valence-corrected chi connectivity index (χ3v) is 2.88. The van der Waals surface area contributed by atoms with Crippen LogP contribution in [0.2, 0.25) is 0 Å². The average Bonchev–Trinajstić information content (AvgIpc) is 2.17. The molecule has 1 aliphatic rings. The predicted molar refractivity (Wildman–Crippen MR) is 49.3 cm³/mol. The molecular weight excluding hydrogens is 186 g/mol. The number of aliphatic hydroxyl groups is 1. The van der Waals surface area contributed by atoms with Gasteiger partial charge < -0.3 is 5.11 Å². The Hall–Kier alpha value is -0.960. The van der Waals surface area contributed by atoms with Crippen LogP contribution in [-0.2, 0) is 6.61 Å². The summed E-state index contributed by atoms with van der Waals surface area (Å²) in [6.45, 7) is -0.164. The molecule has 0 bridgehead atoms. The van der Waals surface area contributed by atoms with E-state index < -0.39 is 11.8 Å². The van der Waals surface area contributed by atoms with Crippen molar-refractivity contribution in [2.75, 3.05) is 0 Å². The number of aliphatic hydroxyl groups excluding tert-OH is 1. The molecular formula is C11H12F2O. The van der Waals surface area contributed by atoms with E-state index in [0.29, 0.717) is 17.5 Å². The number of hydrogen-bond donors (Lipinski definition) is 1. The predicted octanol–water partition coefficient (Wildman–Crippen LogP) is 2.69. The van der Waals surface area contributed by atoms with Crippen LogP contribution >= 0.6 is 0 Å². The first-order chi connectivity index (χ1) is 6.65. The molecule has 0 amide bonds. The molecule has 0 heterocycles. The Labute approximate surface area is 81.4 Å². The van der Waals surface area contributed by atoms with Crippen LogP contribution in [0.25, 0.3) is 0 Å². The Morgan fingerprint density at radius 1 is 1.36 bits per heavy atom. The molecule has 1 unspecified atom stereocenters. The summed E-state index contributed by atoms with van der Waals surface area (Å²) in [6, 6.07) is 6.88. The molecule has 0 aliphatic heterocycles. The molecule has 1 saturated carbocycles. The molecule has 1 nitrogen and oxygen atoms in total. The highest BCUT2D eigenvalue weighted by molar-refractivity contribution is 5.33. The van der Waals surface area contributed by atoms with Crippen LogP contribution in [0.1, 0.15) is 29.9 Å². The van der Waals surface area contributed by atoms with Crippen molar-refractivity contribution in [2.45, 2.75) is 31.3 Å². The first kappa shape index (κ1) is 9.59. The summed E-state index contributed by atoms with van der Waals surface area (Å²) in [5.74, 6) is -3.27. The van der Waals surface area contributed by atoms with E-state index in [1.807, 2.05) is 0 Å². The lowest BCUT2D eigenvalue weighted by Crippen LogP contribution is -2.37. The third kappa shape index (κ3) is 1.42. The van der Waals surface area contributed by atoms with Crippen molar-refractivity contribution in [3.63, 3.8) is 0 Å². The minimum atomic E-state index is -2.58. The summed E-state index contributed by atoms with van der Waals surface area (Å²) in [4.78, 5) is 0. The second-order valence-corrected chi connectivity index (χ2v) is 3.71. The van der Waals surface area contributed by atoms with Crippen molar-refractivity contribution < 1.29 is 13.9 Å². The van der Waals surface area contributed by atoms with Gasteiger partial charge in [0.15, 0.2) is 0 Å². The lowest BCUT2D eigenvalue weighted by Gasteiger charge is -2.37. The average molecular weight is 198 g/mol. The molecule has 0 aromatic heterocycles. The highest BCUT2D eigenvalue weighted by Gasteiger charge is 2.49. The molecule has 76 valence electrons. The number of hydrogen-bond acceptors (Lipinski definition) is 1. The van der Waals surface area contributed by atoms with Gasteiger partial charge in [-0.15, -0.1) is 0 Å². The van der Waals surface area contributed by atoms with E-state index in [9.17, 15) is 8.78 Å². The van der Waals surface area contributed by atoms with E-state index in [2.05, 4.69) is 0 Å². The molecule has 0 spiro atoms. The Kier molecular flexibility index (Phi) is 2.27. The van der Waals surface area contributed by atoms with Crippen LogP contribution < -0.4 is 0 Å². The van der Waals surface area contributed by atoms with Crippen molar-refractivity contribution in [1.82, 2.24) is 0 Å². The largest absolute Gasteiger partial charge is 0.392 e. The van der Waals surface area contributed by atoms with Gasteiger partial charge in [-0.2, -0.15) is 0 Å². The summed E-state index contributed by atoms with van der Waals surface area (Å²) >= 11 is 0. The van der Waals surface area contributed by atoms with Gasteiger partial charge in [0.2, 0.25) is 0 Å². The summed E-state index contributed by atoms with van der Waals surface area (Å²) in [6.07, 6.45) is 0.488. The minimum absolute atomic E-state index is 0.0303. The highest BCUT2D eigenvalue weighted by atomic mass is 19.3. The Bertz CT molecular complexity index is 336. The van der Waals surface area contributed by atoms with Crippen LogP contribution in [-0.4, -0.2) is 11.0 Å². The van der Waals surface area contributed by atoms with Crippen molar-refractivity contribution >= 4 is 0 Å². The van der Waals surface area contributed by atoms with E-state index >= 15 is 0 Å². The van der Waals surface area contributed by atoms with Gasteiger partial charge in [-0.1, -0.05) is 24.3 Å². The van der Waals surface area contributed by atoms with Gasteiger partial charge in [-0.05, 0) is 17.5 Å². The molecule has 0 radical (unpaired) electrons. The third-order valence-electron chi connectivity index (χ3n) is 2.88. The molecule has 0 saturated heterocycles. The van der Waals surface area contributed by atoms with Gasteiger partial charge in [0.1, 0.15) is 0 Å². The van der Waals surface area contributed by atoms with E-state index in [0.717, 1.165) is 0 Å². The molecule has 1 aromatic rings. The molecule has 1 fully saturated rings. The summed E-state index contributed by atoms with van der Waals surface area (Å²) in [7, 11) is 0. The summed E-state index contributed by atoms with van der Waals surface area (Å²) in [5.41, 5.74) is 1.23. The standard InChI is InChI=1S/C11H12F2O/c12-11(13)6-5-10(11)9-4-2-1-3-8(9)7-14/h1-4,10,14H,5-7H2. The lowest BCUT2D eigenvalue weighted by molar-refractivity contribution is -0.0966. The lowest BCUT2D eigenvalue weighted by atomic mass is 9.74. The van der Waals surface area contributed by atoms with Crippen molar-refractivity contribution in [1.29, 1.82) is 0 Å². The summed E-state index contributed by atoms with van der Waals surface area (Å²) in [5, 5.41) is 9.01. The second-order valence-electron chi connectivity index (χ2n) is 3.71. The second kappa shape index (κ2) is 3.31. The maximum Gasteiger partial charge on any atom is 0.254 e. The van der Waals surface area contributed by atoms with Gasteiger partial charge in [0.25, 0.3) is 5.92 Å². The van der Waals surface area contributed by atoms with Crippen LogP contribution in [0.5, 0.6) is 0 Å². The van der Waals surface area contributed by atoms with Gasteiger partial charge in [0.05, 0.1) is 6.61 Å². The minimum Gasteiger partial charge on any atom is -0.392 e. The normalized spacial score (nSPS) is 24.4. The maximum absolute atomic E-state index is 13.1. The first-order valence-electron chi connectivity index (χ1n) is 4.71. The Balaban J connectivity index is 2.32. The van der Waals surface area contributed by atoms with Crippen molar-refractivity contribution in [2.24, 2.45) is 0 Å². The number of halogens is 2. The van der Waals surface area contributed by atoms with E-state index in [-0.39, 0.29) is 13.0 Å². The van der Waals surface area contributed by atoms with E-state index in [1.54, 1.807) is 24.3 Å². The Morgan fingerprint density at radius 2 is 2.07 bits per heavy atom. The van der Waals surface area contributed by atoms with Crippen molar-refractivity contribution in [3.05, 3.63) is 35.4 Å². The zero-order valence-corrected chi connectivity index (χ0v) is 7.71. The molecule has 1 atom stereocenters. The Morgan fingerprint density at radius 3 is 2.57 bits per heavy atom. The maximum atomic E-state index is 13.1. The van der Waals surface area contributed by atoms with Crippen LogP contribution in [0.3, 0.4) is 0 Å². The molecule has 2 rings (SSSR count). The summed E-state index contributed by atoms with van der Waals surface area (Å²) < 4.78 is 26.2. The number of benzene rings is 1. The smallest absolute Gasteiger partial charge is 0.254 e. The topological polar surface area (TPSA) is 20.2 Å². The van der Waals surface area contributed by atoms with Crippen LogP contribution in [0.15, 0.2) is 24.3 Å². The molecule has 1 aromatic carbocycles. The zero-order chi connectivity index (χ0) is 10.2. The molecule has 1 aliphatic carbocycles.